The van der Waals surface area contributed by atoms with Crippen LogP contribution in [-0.2, 0) is 4.79 Å². The lowest BCUT2D eigenvalue weighted by atomic mass is 9.92. The zero-order chi connectivity index (χ0) is 17.7. The van der Waals surface area contributed by atoms with Crippen molar-refractivity contribution in [3.63, 3.8) is 0 Å². The fraction of sp³-hybridized carbons (Fsp3) is 0.529. The quantitative estimate of drug-likeness (QED) is 0.792. The fourth-order valence-electron chi connectivity index (χ4n) is 3.21. The van der Waals surface area contributed by atoms with Crippen molar-refractivity contribution >= 4 is 11.9 Å². The van der Waals surface area contributed by atoms with Crippen LogP contribution in [-0.4, -0.2) is 43.9 Å². The minimum Gasteiger partial charge on any atom is -0.493 e. The summed E-state index contributed by atoms with van der Waals surface area (Å²) in [4.78, 5) is 23.8. The number of nitrogens with one attached hydrogen (secondary N) is 1. The number of carbonyl (C=O) groups is 2. The molecule has 7 nitrogen and oxygen atoms in total. The molecule has 1 aliphatic rings. The van der Waals surface area contributed by atoms with E-state index in [-0.39, 0.29) is 12.3 Å². The van der Waals surface area contributed by atoms with Crippen molar-refractivity contribution < 1.29 is 28.9 Å². The topological polar surface area (TPSA) is 94.1 Å². The molecule has 7 heteroatoms. The van der Waals surface area contributed by atoms with Gasteiger partial charge < -0.3 is 24.6 Å². The van der Waals surface area contributed by atoms with Gasteiger partial charge in [0.1, 0.15) is 0 Å². The van der Waals surface area contributed by atoms with Gasteiger partial charge in [0, 0.05) is 5.56 Å². The van der Waals surface area contributed by atoms with Crippen molar-refractivity contribution in [3.8, 4) is 17.2 Å². The number of amides is 1. The highest BCUT2D eigenvalue weighted by Crippen LogP contribution is 2.39. The molecule has 1 saturated carbocycles. The van der Waals surface area contributed by atoms with Gasteiger partial charge >= 0.3 is 5.97 Å². The Bertz CT molecular complexity index is 597. The molecule has 2 N–H and O–H groups in total. The molecule has 1 aliphatic carbocycles. The summed E-state index contributed by atoms with van der Waals surface area (Å²) in [5.74, 6) is -0.112. The second-order valence-electron chi connectivity index (χ2n) is 5.93. The highest BCUT2D eigenvalue weighted by atomic mass is 16.5. The summed E-state index contributed by atoms with van der Waals surface area (Å²) in [7, 11) is 4.43. The lowest BCUT2D eigenvalue weighted by Gasteiger charge is -2.29. The van der Waals surface area contributed by atoms with Crippen molar-refractivity contribution in [2.75, 3.05) is 21.3 Å². The van der Waals surface area contributed by atoms with Crippen molar-refractivity contribution in [1.82, 2.24) is 5.32 Å². The van der Waals surface area contributed by atoms with Gasteiger partial charge in [-0.3, -0.25) is 9.59 Å². The summed E-state index contributed by atoms with van der Waals surface area (Å²) in [5, 5.41) is 12.1. The predicted octanol–water partition coefficient (Wildman–Crippen LogP) is 2.23. The summed E-state index contributed by atoms with van der Waals surface area (Å²) in [6.07, 6.45) is 3.06. The number of carbonyl (C=O) groups excluding carboxylic acids is 1. The maximum atomic E-state index is 12.7. The third kappa shape index (κ3) is 3.72. The molecule has 0 aliphatic heterocycles. The zero-order valence-electron chi connectivity index (χ0n) is 14.2. The first-order chi connectivity index (χ1) is 11.4. The van der Waals surface area contributed by atoms with Crippen LogP contribution in [0.5, 0.6) is 17.2 Å². The average Bonchev–Trinajstić information content (AvgIpc) is 3.00. The van der Waals surface area contributed by atoms with Crippen LogP contribution in [0.3, 0.4) is 0 Å². The molecule has 1 aromatic carbocycles. The summed E-state index contributed by atoms with van der Waals surface area (Å²) in [5.41, 5.74) is -0.357. The molecule has 0 bridgehead atoms. The summed E-state index contributed by atoms with van der Waals surface area (Å²) < 4.78 is 15.7. The van der Waals surface area contributed by atoms with Gasteiger partial charge in [0.15, 0.2) is 11.5 Å². The van der Waals surface area contributed by atoms with Gasteiger partial charge in [0.2, 0.25) is 5.75 Å². The van der Waals surface area contributed by atoms with Gasteiger partial charge in [-0.15, -0.1) is 0 Å². The molecule has 0 spiro atoms. The number of carboxylic acid groups (broad SMARTS) is 1. The van der Waals surface area contributed by atoms with Crippen LogP contribution in [0.1, 0.15) is 42.5 Å². The van der Waals surface area contributed by atoms with E-state index in [1.807, 2.05) is 0 Å². The van der Waals surface area contributed by atoms with Crippen molar-refractivity contribution in [1.29, 1.82) is 0 Å². The van der Waals surface area contributed by atoms with Crippen LogP contribution in [0.25, 0.3) is 0 Å². The van der Waals surface area contributed by atoms with E-state index in [0.717, 1.165) is 12.8 Å². The monoisotopic (exact) mass is 337 g/mol. The lowest BCUT2D eigenvalue weighted by molar-refractivity contribution is -0.138. The van der Waals surface area contributed by atoms with E-state index >= 15 is 0 Å². The molecule has 2 rings (SSSR count). The minimum absolute atomic E-state index is 0.0802. The third-order valence-corrected chi connectivity index (χ3v) is 4.36. The molecule has 0 heterocycles. The Hall–Kier alpha value is -2.44. The minimum atomic E-state index is -0.915. The molecule has 0 unspecified atom stereocenters. The van der Waals surface area contributed by atoms with E-state index in [2.05, 4.69) is 5.32 Å². The van der Waals surface area contributed by atoms with Crippen LogP contribution in [0, 0.1) is 0 Å². The van der Waals surface area contributed by atoms with Crippen LogP contribution in [0.4, 0.5) is 0 Å². The molecule has 132 valence electrons. The first kappa shape index (κ1) is 17.9. The number of hydrogen-bond donors (Lipinski definition) is 2. The second kappa shape index (κ2) is 7.42. The molecule has 1 aromatic rings. The average molecular weight is 337 g/mol. The van der Waals surface area contributed by atoms with Crippen LogP contribution < -0.4 is 19.5 Å². The highest BCUT2D eigenvalue weighted by Gasteiger charge is 2.37. The van der Waals surface area contributed by atoms with Crippen molar-refractivity contribution in [2.45, 2.75) is 37.6 Å². The number of benzene rings is 1. The van der Waals surface area contributed by atoms with Gasteiger partial charge in [-0.05, 0) is 25.0 Å². The van der Waals surface area contributed by atoms with Gasteiger partial charge in [-0.1, -0.05) is 12.8 Å². The van der Waals surface area contributed by atoms with Crippen molar-refractivity contribution in [3.05, 3.63) is 17.7 Å². The van der Waals surface area contributed by atoms with Gasteiger partial charge in [-0.2, -0.15) is 0 Å². The maximum Gasteiger partial charge on any atom is 0.305 e. The van der Waals surface area contributed by atoms with Crippen LogP contribution in [0.15, 0.2) is 12.1 Å². The zero-order valence-corrected chi connectivity index (χ0v) is 14.2. The van der Waals surface area contributed by atoms with Gasteiger partial charge in [-0.25, -0.2) is 0 Å². The molecular formula is C17H23NO6. The largest absolute Gasteiger partial charge is 0.493 e. The second-order valence-corrected chi connectivity index (χ2v) is 5.93. The Morgan fingerprint density at radius 3 is 2.04 bits per heavy atom. The molecule has 0 aromatic heterocycles. The Kier molecular flexibility index (Phi) is 5.54. The Morgan fingerprint density at radius 2 is 1.62 bits per heavy atom. The molecule has 0 saturated heterocycles. The molecular weight excluding hydrogens is 314 g/mol. The SMILES string of the molecule is COc1cc(C(=O)NC2(CC(=O)O)CCCC2)cc(OC)c1OC. The normalized spacial score (nSPS) is 15.6. The predicted molar refractivity (Wildman–Crippen MR) is 87.0 cm³/mol. The van der Waals surface area contributed by atoms with Crippen LogP contribution >= 0.6 is 0 Å². The summed E-state index contributed by atoms with van der Waals surface area (Å²) in [6, 6.07) is 3.11. The van der Waals surface area contributed by atoms with Gasteiger partial charge in [0.05, 0.1) is 33.3 Å². The smallest absolute Gasteiger partial charge is 0.305 e. The highest BCUT2D eigenvalue weighted by molar-refractivity contribution is 5.96. The molecule has 0 radical (unpaired) electrons. The van der Waals surface area contributed by atoms with E-state index in [9.17, 15) is 9.59 Å². The first-order valence-corrected chi connectivity index (χ1v) is 7.79. The number of carboxylic acids is 1. The fourth-order valence-corrected chi connectivity index (χ4v) is 3.21. The number of methoxy groups -OCH3 is 3. The summed E-state index contributed by atoms with van der Waals surface area (Å²) in [6.45, 7) is 0. The van der Waals surface area contributed by atoms with Gasteiger partial charge in [0.25, 0.3) is 5.91 Å². The van der Waals surface area contributed by atoms with E-state index in [4.69, 9.17) is 19.3 Å². The number of aliphatic carboxylic acids is 1. The Morgan fingerprint density at radius 1 is 1.08 bits per heavy atom. The number of hydrogen-bond acceptors (Lipinski definition) is 5. The number of rotatable bonds is 7. The van der Waals surface area contributed by atoms with E-state index in [0.29, 0.717) is 35.7 Å². The first-order valence-electron chi connectivity index (χ1n) is 7.79. The van der Waals surface area contributed by atoms with E-state index in [1.54, 1.807) is 12.1 Å². The van der Waals surface area contributed by atoms with E-state index in [1.165, 1.54) is 21.3 Å². The molecule has 24 heavy (non-hydrogen) atoms. The lowest BCUT2D eigenvalue weighted by Crippen LogP contribution is -2.47. The van der Waals surface area contributed by atoms with Crippen molar-refractivity contribution in [2.24, 2.45) is 0 Å². The summed E-state index contributed by atoms with van der Waals surface area (Å²) >= 11 is 0. The standard InChI is InChI=1S/C17H23NO6/c1-22-12-8-11(9-13(23-2)15(12)24-3)16(21)18-17(10-14(19)20)6-4-5-7-17/h8-9H,4-7,10H2,1-3H3,(H,18,21)(H,19,20). The third-order valence-electron chi connectivity index (χ3n) is 4.36. The molecule has 0 atom stereocenters. The number of ether oxygens (including phenoxy) is 3. The van der Waals surface area contributed by atoms with E-state index < -0.39 is 11.5 Å². The molecule has 1 amide bonds. The Balaban J connectivity index is 2.30. The maximum absolute atomic E-state index is 12.7. The van der Waals surface area contributed by atoms with Crippen LogP contribution in [0.2, 0.25) is 0 Å². The molecule has 1 fully saturated rings. The Labute approximate surface area is 140 Å².